The summed E-state index contributed by atoms with van der Waals surface area (Å²) in [5.41, 5.74) is 7.93. The first-order valence-corrected chi connectivity index (χ1v) is 7.71. The molecule has 2 aromatic heterocycles. The van der Waals surface area contributed by atoms with Crippen LogP contribution in [0, 0.1) is 0 Å². The molecule has 0 bridgehead atoms. The van der Waals surface area contributed by atoms with E-state index in [4.69, 9.17) is 5.73 Å². The molecule has 96 valence electrons. The summed E-state index contributed by atoms with van der Waals surface area (Å²) in [4.78, 5) is 4.41. The van der Waals surface area contributed by atoms with Crippen molar-refractivity contribution in [1.82, 2.24) is 9.38 Å². The highest BCUT2D eigenvalue weighted by Crippen LogP contribution is 2.24. The third kappa shape index (κ3) is 1.86. The van der Waals surface area contributed by atoms with Crippen molar-refractivity contribution in [1.29, 1.82) is 0 Å². The Labute approximate surface area is 106 Å². The molecule has 1 saturated heterocycles. The normalized spacial score (nSPS) is 22.6. The van der Waals surface area contributed by atoms with Gasteiger partial charge in [0.2, 0.25) is 0 Å². The van der Waals surface area contributed by atoms with Crippen LogP contribution in [0.2, 0.25) is 0 Å². The Bertz CT molecular complexity index is 690. The van der Waals surface area contributed by atoms with E-state index >= 15 is 0 Å². The van der Waals surface area contributed by atoms with Crippen LogP contribution in [-0.4, -0.2) is 28.8 Å². The summed E-state index contributed by atoms with van der Waals surface area (Å²) >= 11 is 0. The first kappa shape index (κ1) is 11.5. The number of pyridine rings is 1. The number of hydrogen-bond donors (Lipinski definition) is 1. The number of nitrogens with two attached hydrogens (primary N) is 1. The molecule has 0 spiro atoms. The highest BCUT2D eigenvalue weighted by atomic mass is 32.2. The molecule has 0 radical (unpaired) electrons. The van der Waals surface area contributed by atoms with E-state index in [2.05, 4.69) is 4.98 Å². The van der Waals surface area contributed by atoms with Gasteiger partial charge in [0.05, 0.1) is 22.4 Å². The number of sulfone groups is 1. The van der Waals surface area contributed by atoms with Crippen molar-refractivity contribution < 1.29 is 8.42 Å². The maximum atomic E-state index is 11.8. The molecule has 3 rings (SSSR count). The van der Waals surface area contributed by atoms with E-state index in [0.29, 0.717) is 23.5 Å². The fourth-order valence-corrected chi connectivity index (χ4v) is 4.36. The van der Waals surface area contributed by atoms with Crippen LogP contribution in [0.1, 0.15) is 18.5 Å². The zero-order chi connectivity index (χ0) is 12.8. The number of nitrogens with zero attached hydrogens (tertiary/aromatic N) is 2. The van der Waals surface area contributed by atoms with Gasteiger partial charge in [-0.1, -0.05) is 0 Å². The second-order valence-corrected chi connectivity index (χ2v) is 7.16. The Balaban J connectivity index is 1.94. The third-order valence-corrected chi connectivity index (χ3v) is 5.74. The maximum absolute atomic E-state index is 11.8. The third-order valence-electron chi connectivity index (χ3n) is 3.46. The van der Waals surface area contributed by atoms with Crippen molar-refractivity contribution in [2.45, 2.75) is 24.5 Å². The van der Waals surface area contributed by atoms with Crippen molar-refractivity contribution in [2.75, 3.05) is 11.5 Å². The molecule has 1 aliphatic rings. The summed E-state index contributed by atoms with van der Waals surface area (Å²) < 4.78 is 25.4. The second-order valence-electron chi connectivity index (χ2n) is 4.76. The molecule has 1 fully saturated rings. The molecule has 3 heterocycles. The van der Waals surface area contributed by atoms with Gasteiger partial charge in [-0.05, 0) is 25.0 Å². The summed E-state index contributed by atoms with van der Waals surface area (Å²) in [6.07, 6.45) is 5.72. The van der Waals surface area contributed by atoms with Crippen LogP contribution in [0.4, 0.5) is 5.69 Å². The van der Waals surface area contributed by atoms with Gasteiger partial charge >= 0.3 is 0 Å². The Morgan fingerprint density at radius 2 is 2.33 bits per heavy atom. The van der Waals surface area contributed by atoms with E-state index in [1.807, 2.05) is 22.9 Å². The zero-order valence-corrected chi connectivity index (χ0v) is 10.7. The molecular formula is C12H15N3O2S. The molecule has 18 heavy (non-hydrogen) atoms. The average molecular weight is 265 g/mol. The monoisotopic (exact) mass is 265 g/mol. The zero-order valence-electron chi connectivity index (χ0n) is 9.91. The van der Waals surface area contributed by atoms with Crippen molar-refractivity contribution in [3.8, 4) is 0 Å². The van der Waals surface area contributed by atoms with Gasteiger partial charge in [-0.2, -0.15) is 0 Å². The maximum Gasteiger partial charge on any atom is 0.160 e. The summed E-state index contributed by atoms with van der Waals surface area (Å²) in [5, 5.41) is -0.274. The molecule has 2 N–H and O–H groups in total. The van der Waals surface area contributed by atoms with Crippen molar-refractivity contribution in [2.24, 2.45) is 0 Å². The lowest BCUT2D eigenvalue weighted by molar-refractivity contribution is 0.587. The van der Waals surface area contributed by atoms with E-state index in [0.717, 1.165) is 18.5 Å². The summed E-state index contributed by atoms with van der Waals surface area (Å²) in [7, 11) is -2.91. The average Bonchev–Trinajstić information content (AvgIpc) is 2.84. The van der Waals surface area contributed by atoms with Crippen molar-refractivity contribution in [3.63, 3.8) is 0 Å². The van der Waals surface area contributed by atoms with Gasteiger partial charge in [0.15, 0.2) is 15.5 Å². The van der Waals surface area contributed by atoms with Crippen molar-refractivity contribution >= 4 is 21.2 Å². The number of hydrogen-bond acceptors (Lipinski definition) is 4. The molecule has 5 nitrogen and oxygen atoms in total. The van der Waals surface area contributed by atoms with Crippen LogP contribution in [0.25, 0.3) is 5.65 Å². The topological polar surface area (TPSA) is 77.5 Å². The molecule has 0 saturated carbocycles. The largest absolute Gasteiger partial charge is 0.396 e. The lowest BCUT2D eigenvalue weighted by Gasteiger charge is -2.05. The Kier molecular flexibility index (Phi) is 2.55. The Morgan fingerprint density at radius 1 is 1.50 bits per heavy atom. The molecule has 0 amide bonds. The molecule has 1 unspecified atom stereocenters. The minimum atomic E-state index is -2.91. The highest BCUT2D eigenvalue weighted by Gasteiger charge is 2.31. The van der Waals surface area contributed by atoms with Gasteiger partial charge in [0, 0.05) is 18.8 Å². The van der Waals surface area contributed by atoms with E-state index in [1.54, 1.807) is 6.07 Å². The number of nitrogen functional groups attached to an aromatic ring is 1. The Hall–Kier alpha value is -1.56. The predicted molar refractivity (Wildman–Crippen MR) is 70.1 cm³/mol. The standard InChI is InChI=1S/C12H15N3O2S/c13-11-4-1-5-15-8-9(14-12(11)15)7-10-3-2-6-18(10,16)17/h1,4-5,8,10H,2-3,6-7,13H2. The minimum absolute atomic E-state index is 0.274. The minimum Gasteiger partial charge on any atom is -0.396 e. The Morgan fingerprint density at radius 3 is 3.00 bits per heavy atom. The van der Waals surface area contributed by atoms with Gasteiger partial charge in [-0.25, -0.2) is 13.4 Å². The lowest BCUT2D eigenvalue weighted by atomic mass is 10.2. The van der Waals surface area contributed by atoms with Crippen LogP contribution in [0.15, 0.2) is 24.5 Å². The van der Waals surface area contributed by atoms with Gasteiger partial charge < -0.3 is 10.1 Å². The van der Waals surface area contributed by atoms with Gasteiger partial charge in [-0.15, -0.1) is 0 Å². The SMILES string of the molecule is Nc1cccn2cc(CC3CCCS3(=O)=O)nc12. The summed E-state index contributed by atoms with van der Waals surface area (Å²) in [5.74, 6) is 0.313. The molecule has 1 atom stereocenters. The lowest BCUT2D eigenvalue weighted by Crippen LogP contribution is -2.18. The molecule has 0 aromatic carbocycles. The van der Waals surface area contributed by atoms with Crippen LogP contribution >= 0.6 is 0 Å². The summed E-state index contributed by atoms with van der Waals surface area (Å²) in [6, 6.07) is 3.64. The highest BCUT2D eigenvalue weighted by molar-refractivity contribution is 7.92. The summed E-state index contributed by atoms with van der Waals surface area (Å²) in [6.45, 7) is 0. The number of anilines is 1. The molecule has 1 aliphatic heterocycles. The van der Waals surface area contributed by atoms with Crippen LogP contribution in [0.5, 0.6) is 0 Å². The predicted octanol–water partition coefficient (Wildman–Crippen LogP) is 1.04. The van der Waals surface area contributed by atoms with Crippen LogP contribution in [-0.2, 0) is 16.3 Å². The van der Waals surface area contributed by atoms with Crippen LogP contribution in [0.3, 0.4) is 0 Å². The fourth-order valence-electron chi connectivity index (χ4n) is 2.50. The second kappa shape index (κ2) is 3.98. The molecule has 2 aromatic rings. The number of rotatable bonds is 2. The fraction of sp³-hybridized carbons (Fsp3) is 0.417. The number of aromatic nitrogens is 2. The smallest absolute Gasteiger partial charge is 0.160 e. The van der Waals surface area contributed by atoms with E-state index in [-0.39, 0.29) is 5.25 Å². The van der Waals surface area contributed by atoms with Crippen molar-refractivity contribution in [3.05, 3.63) is 30.2 Å². The first-order valence-electron chi connectivity index (χ1n) is 6.00. The number of fused-ring (bicyclic) bond motifs is 1. The van der Waals surface area contributed by atoms with E-state index in [1.165, 1.54) is 0 Å². The quantitative estimate of drug-likeness (QED) is 0.880. The van der Waals surface area contributed by atoms with E-state index in [9.17, 15) is 8.42 Å². The van der Waals surface area contributed by atoms with Crippen LogP contribution < -0.4 is 5.73 Å². The first-order chi connectivity index (χ1) is 8.56. The van der Waals surface area contributed by atoms with Gasteiger partial charge in [0.1, 0.15) is 0 Å². The van der Waals surface area contributed by atoms with Gasteiger partial charge in [-0.3, -0.25) is 0 Å². The molecule has 6 heteroatoms. The van der Waals surface area contributed by atoms with E-state index < -0.39 is 9.84 Å². The number of imidazole rings is 1. The van der Waals surface area contributed by atoms with Gasteiger partial charge in [0.25, 0.3) is 0 Å². The molecule has 0 aliphatic carbocycles. The molecular weight excluding hydrogens is 250 g/mol.